The summed E-state index contributed by atoms with van der Waals surface area (Å²) in [6.45, 7) is 1.55. The number of amides is 1. The number of rotatable bonds is 5. The molecule has 1 saturated heterocycles. The summed E-state index contributed by atoms with van der Waals surface area (Å²) >= 11 is 5.91. The molecule has 1 aromatic rings. The number of hydrogen-bond donors (Lipinski definition) is 2. The highest BCUT2D eigenvalue weighted by Gasteiger charge is 2.17. The first kappa shape index (κ1) is 14.7. The Morgan fingerprint density at radius 1 is 1.55 bits per heavy atom. The maximum Gasteiger partial charge on any atom is 0.270 e. The van der Waals surface area contributed by atoms with Crippen LogP contribution in [0.5, 0.6) is 0 Å². The van der Waals surface area contributed by atoms with Gasteiger partial charge in [0, 0.05) is 24.7 Å². The number of hydrogen-bond acceptors (Lipinski definition) is 4. The van der Waals surface area contributed by atoms with Gasteiger partial charge in [0.1, 0.15) is 0 Å². The molecule has 1 fully saturated rings. The Bertz CT molecular complexity index is 516. The Morgan fingerprint density at radius 2 is 2.35 bits per heavy atom. The second kappa shape index (κ2) is 6.67. The van der Waals surface area contributed by atoms with Gasteiger partial charge in [-0.2, -0.15) is 0 Å². The minimum atomic E-state index is -0.546. The predicted molar refractivity (Wildman–Crippen MR) is 76.1 cm³/mol. The summed E-state index contributed by atoms with van der Waals surface area (Å²) in [5.41, 5.74) is -0.00254. The average molecular weight is 298 g/mol. The van der Waals surface area contributed by atoms with E-state index in [9.17, 15) is 14.9 Å². The van der Waals surface area contributed by atoms with Gasteiger partial charge >= 0.3 is 0 Å². The number of benzene rings is 1. The van der Waals surface area contributed by atoms with Crippen molar-refractivity contribution in [3.8, 4) is 0 Å². The summed E-state index contributed by atoms with van der Waals surface area (Å²) in [4.78, 5) is 22.1. The summed E-state index contributed by atoms with van der Waals surface area (Å²) < 4.78 is 0. The van der Waals surface area contributed by atoms with Crippen LogP contribution in [0.25, 0.3) is 0 Å². The zero-order valence-corrected chi connectivity index (χ0v) is 11.7. The zero-order chi connectivity index (χ0) is 14.5. The van der Waals surface area contributed by atoms with Gasteiger partial charge in [-0.1, -0.05) is 11.6 Å². The molecule has 20 heavy (non-hydrogen) atoms. The van der Waals surface area contributed by atoms with E-state index in [1.165, 1.54) is 18.2 Å². The predicted octanol–water partition coefficient (Wildman–Crippen LogP) is 2.12. The molecule has 1 amide bonds. The van der Waals surface area contributed by atoms with Crippen molar-refractivity contribution in [1.82, 2.24) is 10.6 Å². The van der Waals surface area contributed by atoms with Crippen LogP contribution in [0.15, 0.2) is 18.2 Å². The van der Waals surface area contributed by atoms with Crippen LogP contribution >= 0.6 is 11.6 Å². The van der Waals surface area contributed by atoms with E-state index < -0.39 is 4.92 Å². The smallest absolute Gasteiger partial charge is 0.270 e. The van der Waals surface area contributed by atoms with Gasteiger partial charge in [-0.05, 0) is 31.9 Å². The molecule has 0 aromatic heterocycles. The molecule has 108 valence electrons. The minimum absolute atomic E-state index is 0.139. The Hall–Kier alpha value is -1.66. The van der Waals surface area contributed by atoms with Gasteiger partial charge in [0.15, 0.2) is 0 Å². The van der Waals surface area contributed by atoms with E-state index in [-0.39, 0.29) is 22.2 Å². The van der Waals surface area contributed by atoms with Gasteiger partial charge in [0.05, 0.1) is 15.5 Å². The minimum Gasteiger partial charge on any atom is -0.352 e. The highest BCUT2D eigenvalue weighted by atomic mass is 35.5. The van der Waals surface area contributed by atoms with Crippen molar-refractivity contribution < 1.29 is 9.72 Å². The molecule has 0 spiro atoms. The van der Waals surface area contributed by atoms with Gasteiger partial charge in [0.2, 0.25) is 0 Å². The lowest BCUT2D eigenvalue weighted by Crippen LogP contribution is -2.30. The fourth-order valence-corrected chi connectivity index (χ4v) is 2.46. The van der Waals surface area contributed by atoms with E-state index in [1.54, 1.807) is 0 Å². The van der Waals surface area contributed by atoms with Crippen LogP contribution in [0.1, 0.15) is 29.6 Å². The normalized spacial score (nSPS) is 17.9. The maximum absolute atomic E-state index is 12.0. The fraction of sp³-hybridized carbons (Fsp3) is 0.462. The van der Waals surface area contributed by atoms with Crippen LogP contribution < -0.4 is 10.6 Å². The van der Waals surface area contributed by atoms with Crippen molar-refractivity contribution >= 4 is 23.2 Å². The monoisotopic (exact) mass is 297 g/mol. The van der Waals surface area contributed by atoms with E-state index in [4.69, 9.17) is 11.6 Å². The van der Waals surface area contributed by atoms with Crippen molar-refractivity contribution in [2.45, 2.75) is 25.3 Å². The summed E-state index contributed by atoms with van der Waals surface area (Å²) in [5, 5.41) is 17.0. The molecule has 2 N–H and O–H groups in total. The second-order valence-corrected chi connectivity index (χ2v) is 5.17. The van der Waals surface area contributed by atoms with Gasteiger partial charge in [-0.3, -0.25) is 14.9 Å². The van der Waals surface area contributed by atoms with Crippen molar-refractivity contribution in [3.63, 3.8) is 0 Å². The van der Waals surface area contributed by atoms with E-state index in [0.29, 0.717) is 12.6 Å². The molecule has 1 aliphatic heterocycles. The topological polar surface area (TPSA) is 84.3 Å². The fourth-order valence-electron chi connectivity index (χ4n) is 2.26. The molecule has 0 aliphatic carbocycles. The summed E-state index contributed by atoms with van der Waals surface area (Å²) in [6, 6.07) is 4.29. The van der Waals surface area contributed by atoms with E-state index in [1.807, 2.05) is 0 Å². The van der Waals surface area contributed by atoms with E-state index in [2.05, 4.69) is 10.6 Å². The molecule has 0 radical (unpaired) electrons. The number of nitro benzene ring substituents is 1. The molecule has 0 bridgehead atoms. The standard InChI is InChI=1S/C13H16ClN3O3/c14-12-4-3-10(17(19)20)8-11(12)13(18)16-7-5-9-2-1-6-15-9/h3-4,8-9,15H,1-2,5-7H2,(H,16,18)/t9-/m1/s1. The molecule has 0 unspecified atom stereocenters. The molecule has 2 rings (SSSR count). The Labute approximate surface area is 121 Å². The third-order valence-corrected chi connectivity index (χ3v) is 3.68. The first-order valence-electron chi connectivity index (χ1n) is 6.53. The van der Waals surface area contributed by atoms with Crippen molar-refractivity contribution in [3.05, 3.63) is 38.9 Å². The number of nitrogens with one attached hydrogen (secondary N) is 2. The largest absolute Gasteiger partial charge is 0.352 e. The van der Waals surface area contributed by atoms with Gasteiger partial charge in [-0.25, -0.2) is 0 Å². The number of nitro groups is 1. The van der Waals surface area contributed by atoms with Crippen LogP contribution in [0.4, 0.5) is 5.69 Å². The molecule has 0 saturated carbocycles. The third kappa shape index (κ3) is 3.68. The highest BCUT2D eigenvalue weighted by molar-refractivity contribution is 6.33. The Morgan fingerprint density at radius 3 is 3.00 bits per heavy atom. The van der Waals surface area contributed by atoms with Crippen molar-refractivity contribution in [1.29, 1.82) is 0 Å². The van der Waals surface area contributed by atoms with Gasteiger partial charge in [0.25, 0.3) is 11.6 Å². The van der Waals surface area contributed by atoms with Crippen molar-refractivity contribution in [2.75, 3.05) is 13.1 Å². The Balaban J connectivity index is 1.94. The maximum atomic E-state index is 12.0. The lowest BCUT2D eigenvalue weighted by molar-refractivity contribution is -0.384. The van der Waals surface area contributed by atoms with Crippen LogP contribution in [-0.4, -0.2) is 30.0 Å². The molecule has 7 heteroatoms. The number of non-ortho nitro benzene ring substituents is 1. The first-order chi connectivity index (χ1) is 9.58. The number of halogens is 1. The molecule has 1 atom stereocenters. The van der Waals surface area contributed by atoms with Crippen LogP contribution in [-0.2, 0) is 0 Å². The number of nitrogens with zero attached hydrogens (tertiary/aromatic N) is 1. The van der Waals surface area contributed by atoms with Crippen LogP contribution in [0.2, 0.25) is 5.02 Å². The molecule has 1 aromatic carbocycles. The molecular formula is C13H16ClN3O3. The van der Waals surface area contributed by atoms with Gasteiger partial charge < -0.3 is 10.6 Å². The SMILES string of the molecule is O=C(NCC[C@H]1CCCN1)c1cc([N+](=O)[O-])ccc1Cl. The van der Waals surface area contributed by atoms with Crippen LogP contribution in [0.3, 0.4) is 0 Å². The van der Waals surface area contributed by atoms with E-state index >= 15 is 0 Å². The first-order valence-corrected chi connectivity index (χ1v) is 6.91. The summed E-state index contributed by atoms with van der Waals surface area (Å²) in [5.74, 6) is -0.378. The summed E-state index contributed by atoms with van der Waals surface area (Å²) in [7, 11) is 0. The van der Waals surface area contributed by atoms with Crippen molar-refractivity contribution in [2.24, 2.45) is 0 Å². The summed E-state index contributed by atoms with van der Waals surface area (Å²) in [6.07, 6.45) is 3.13. The average Bonchev–Trinajstić information content (AvgIpc) is 2.92. The third-order valence-electron chi connectivity index (χ3n) is 3.35. The lowest BCUT2D eigenvalue weighted by atomic mass is 10.1. The highest BCUT2D eigenvalue weighted by Crippen LogP contribution is 2.21. The zero-order valence-electron chi connectivity index (χ0n) is 10.9. The molecule has 1 aliphatic rings. The second-order valence-electron chi connectivity index (χ2n) is 4.76. The molecular weight excluding hydrogens is 282 g/mol. The quantitative estimate of drug-likeness (QED) is 0.644. The number of carbonyl (C=O) groups excluding carboxylic acids is 1. The molecule has 6 nitrogen and oxygen atoms in total. The molecule has 1 heterocycles. The van der Waals surface area contributed by atoms with Gasteiger partial charge in [-0.15, -0.1) is 0 Å². The Kier molecular flexibility index (Phi) is 4.92. The number of carbonyl (C=O) groups is 1. The lowest BCUT2D eigenvalue weighted by Gasteiger charge is -2.11. The van der Waals surface area contributed by atoms with Crippen LogP contribution in [0, 0.1) is 10.1 Å². The van der Waals surface area contributed by atoms with E-state index in [0.717, 1.165) is 25.8 Å².